The van der Waals surface area contributed by atoms with Gasteiger partial charge in [0.25, 0.3) is 5.91 Å². The van der Waals surface area contributed by atoms with E-state index in [9.17, 15) is 14.4 Å². The lowest BCUT2D eigenvalue weighted by molar-refractivity contribution is -0.139. The Kier molecular flexibility index (Phi) is 8.67. The van der Waals surface area contributed by atoms with E-state index in [-0.39, 0.29) is 24.0 Å². The number of nitrogens with zero attached hydrogens (tertiary/aromatic N) is 3. The fourth-order valence-electron chi connectivity index (χ4n) is 4.95. The molecule has 9 heteroatoms. The molecule has 1 saturated heterocycles. The summed E-state index contributed by atoms with van der Waals surface area (Å²) in [7, 11) is 1.67. The number of nitrogens with one attached hydrogen (secondary N) is 1. The summed E-state index contributed by atoms with van der Waals surface area (Å²) in [6.07, 6.45) is 0. The number of esters is 1. The van der Waals surface area contributed by atoms with Gasteiger partial charge in [-0.2, -0.15) is 0 Å². The number of benzene rings is 2. The summed E-state index contributed by atoms with van der Waals surface area (Å²) in [5, 5.41) is 3.42. The smallest absolute Gasteiger partial charge is 0.338 e. The SMILES string of the molecule is CCOC(=O)C1=C(CN2CCN(C(=O)c3ccccc3Cl)CC2)N(C)C(=O)N[C@@H]1c1ccc(C(C)(C)C)cc1. The minimum atomic E-state index is -0.625. The van der Waals surface area contributed by atoms with E-state index in [1.165, 1.54) is 4.90 Å². The Bertz CT molecular complexity index is 1260. The van der Waals surface area contributed by atoms with Crippen molar-refractivity contribution in [2.24, 2.45) is 0 Å². The Morgan fingerprint density at radius 2 is 1.67 bits per heavy atom. The summed E-state index contributed by atoms with van der Waals surface area (Å²) in [4.78, 5) is 44.8. The second-order valence-corrected chi connectivity index (χ2v) is 11.3. The Balaban J connectivity index is 1.58. The van der Waals surface area contributed by atoms with Crippen LogP contribution in [0.5, 0.6) is 0 Å². The molecule has 208 valence electrons. The maximum absolute atomic E-state index is 13.3. The molecule has 1 fully saturated rings. The second-order valence-electron chi connectivity index (χ2n) is 10.9. The number of amides is 3. The highest BCUT2D eigenvalue weighted by Crippen LogP contribution is 2.33. The van der Waals surface area contributed by atoms with Crippen molar-refractivity contribution in [2.45, 2.75) is 39.2 Å². The van der Waals surface area contributed by atoms with E-state index in [1.54, 1.807) is 43.1 Å². The van der Waals surface area contributed by atoms with Gasteiger partial charge in [0.2, 0.25) is 0 Å². The zero-order valence-electron chi connectivity index (χ0n) is 23.3. The zero-order chi connectivity index (χ0) is 28.3. The van der Waals surface area contributed by atoms with Crippen molar-refractivity contribution in [3.05, 3.63) is 81.5 Å². The van der Waals surface area contributed by atoms with Gasteiger partial charge in [-0.25, -0.2) is 9.59 Å². The number of urea groups is 1. The van der Waals surface area contributed by atoms with E-state index in [0.29, 0.717) is 54.6 Å². The molecule has 4 rings (SSSR count). The first-order valence-electron chi connectivity index (χ1n) is 13.3. The fraction of sp³-hybridized carbons (Fsp3) is 0.433. The third-order valence-electron chi connectivity index (χ3n) is 7.32. The van der Waals surface area contributed by atoms with E-state index in [2.05, 4.69) is 31.0 Å². The summed E-state index contributed by atoms with van der Waals surface area (Å²) in [6, 6.07) is 14.2. The van der Waals surface area contributed by atoms with Crippen molar-refractivity contribution >= 4 is 29.5 Å². The highest BCUT2D eigenvalue weighted by Gasteiger charge is 2.38. The summed E-state index contributed by atoms with van der Waals surface area (Å²) < 4.78 is 5.46. The molecule has 3 amide bonds. The number of carbonyl (C=O) groups is 3. The quantitative estimate of drug-likeness (QED) is 0.529. The highest BCUT2D eigenvalue weighted by atomic mass is 35.5. The third kappa shape index (κ3) is 6.28. The van der Waals surface area contributed by atoms with Crippen LogP contribution in [0.4, 0.5) is 4.79 Å². The molecule has 2 aromatic carbocycles. The lowest BCUT2D eigenvalue weighted by atomic mass is 9.85. The first kappa shape index (κ1) is 28.6. The molecule has 2 aliphatic rings. The molecule has 0 unspecified atom stereocenters. The van der Waals surface area contributed by atoms with Gasteiger partial charge in [0.05, 0.1) is 28.8 Å². The van der Waals surface area contributed by atoms with Crippen LogP contribution in [-0.2, 0) is 14.9 Å². The van der Waals surface area contributed by atoms with Crippen molar-refractivity contribution in [3.63, 3.8) is 0 Å². The fourth-order valence-corrected chi connectivity index (χ4v) is 5.17. The van der Waals surface area contributed by atoms with Gasteiger partial charge in [-0.3, -0.25) is 14.6 Å². The Morgan fingerprint density at radius 1 is 1.03 bits per heavy atom. The molecule has 39 heavy (non-hydrogen) atoms. The first-order valence-corrected chi connectivity index (χ1v) is 13.7. The van der Waals surface area contributed by atoms with Gasteiger partial charge in [-0.1, -0.05) is 68.8 Å². The molecule has 0 aromatic heterocycles. The first-order chi connectivity index (χ1) is 18.5. The number of likely N-dealkylation sites (N-methyl/N-ethyl adjacent to an activating group) is 1. The molecule has 2 aliphatic heterocycles. The Morgan fingerprint density at radius 3 is 2.26 bits per heavy atom. The van der Waals surface area contributed by atoms with Gasteiger partial charge < -0.3 is 15.0 Å². The highest BCUT2D eigenvalue weighted by molar-refractivity contribution is 6.33. The van der Waals surface area contributed by atoms with Gasteiger partial charge in [0.1, 0.15) is 0 Å². The Hall–Kier alpha value is -3.36. The lowest BCUT2D eigenvalue weighted by Crippen LogP contribution is -2.53. The number of hydrogen-bond donors (Lipinski definition) is 1. The number of ether oxygens (including phenoxy) is 1. The number of halogens is 1. The molecule has 0 bridgehead atoms. The minimum Gasteiger partial charge on any atom is -0.463 e. The van der Waals surface area contributed by atoms with Crippen molar-refractivity contribution in [1.82, 2.24) is 20.0 Å². The maximum atomic E-state index is 13.3. The average Bonchev–Trinajstić information content (AvgIpc) is 2.91. The standard InChI is InChI=1S/C30H37ClN4O4/c1-6-39-28(37)25-24(19-34-15-17-35(18-16-34)27(36)22-9-7-8-10-23(22)31)33(5)29(38)32-26(25)20-11-13-21(14-12-20)30(2,3)4/h7-14,26H,6,15-19H2,1-5H3,(H,32,38)/t26-/m1/s1. The van der Waals surface area contributed by atoms with Gasteiger partial charge in [-0.05, 0) is 35.6 Å². The predicted molar refractivity (Wildman–Crippen MR) is 152 cm³/mol. The van der Waals surface area contributed by atoms with Crippen LogP contribution in [0.15, 0.2) is 59.8 Å². The molecule has 2 heterocycles. The topological polar surface area (TPSA) is 82.2 Å². The van der Waals surface area contributed by atoms with Crippen LogP contribution in [-0.4, -0.2) is 79.0 Å². The van der Waals surface area contributed by atoms with Crippen LogP contribution in [0.1, 0.15) is 55.2 Å². The lowest BCUT2D eigenvalue weighted by Gasteiger charge is -2.39. The normalized spacial score (nSPS) is 18.7. The second kappa shape index (κ2) is 11.8. The Labute approximate surface area is 235 Å². The number of piperazine rings is 1. The molecule has 1 atom stereocenters. The van der Waals surface area contributed by atoms with Crippen molar-refractivity contribution in [2.75, 3.05) is 46.4 Å². The molecule has 0 aliphatic carbocycles. The van der Waals surface area contributed by atoms with Crippen LogP contribution in [0.2, 0.25) is 5.02 Å². The summed E-state index contributed by atoms with van der Waals surface area (Å²) in [5.41, 5.74) is 3.49. The van der Waals surface area contributed by atoms with Gasteiger partial charge >= 0.3 is 12.0 Å². The molecule has 1 N–H and O–H groups in total. The molecular formula is C30H37ClN4O4. The number of carbonyl (C=O) groups excluding carboxylic acids is 3. The van der Waals surface area contributed by atoms with Crippen LogP contribution in [0.3, 0.4) is 0 Å². The third-order valence-corrected chi connectivity index (χ3v) is 7.65. The van der Waals surface area contributed by atoms with Crippen LogP contribution >= 0.6 is 11.6 Å². The van der Waals surface area contributed by atoms with Crippen LogP contribution in [0.25, 0.3) is 0 Å². The largest absolute Gasteiger partial charge is 0.463 e. The van der Waals surface area contributed by atoms with Crippen LogP contribution < -0.4 is 5.32 Å². The number of hydrogen-bond acceptors (Lipinski definition) is 5. The van der Waals surface area contributed by atoms with Crippen LogP contribution in [0, 0.1) is 0 Å². The molecule has 0 saturated carbocycles. The molecule has 0 spiro atoms. The summed E-state index contributed by atoms with van der Waals surface area (Å²) in [5.74, 6) is -0.545. The molecule has 8 nitrogen and oxygen atoms in total. The van der Waals surface area contributed by atoms with E-state index in [1.807, 2.05) is 24.3 Å². The van der Waals surface area contributed by atoms with Crippen molar-refractivity contribution in [1.29, 1.82) is 0 Å². The number of rotatable bonds is 6. The van der Waals surface area contributed by atoms with Gasteiger partial charge in [0, 0.05) is 45.5 Å². The maximum Gasteiger partial charge on any atom is 0.338 e. The van der Waals surface area contributed by atoms with Gasteiger partial charge in [0.15, 0.2) is 0 Å². The average molecular weight is 553 g/mol. The minimum absolute atomic E-state index is 0.0189. The van der Waals surface area contributed by atoms with Crippen molar-refractivity contribution < 1.29 is 19.1 Å². The molecule has 0 radical (unpaired) electrons. The summed E-state index contributed by atoms with van der Waals surface area (Å²) >= 11 is 6.24. The van der Waals surface area contributed by atoms with E-state index in [0.717, 1.165) is 11.1 Å². The predicted octanol–water partition coefficient (Wildman–Crippen LogP) is 4.61. The van der Waals surface area contributed by atoms with Crippen molar-refractivity contribution in [3.8, 4) is 0 Å². The van der Waals surface area contributed by atoms with E-state index < -0.39 is 12.0 Å². The van der Waals surface area contributed by atoms with Gasteiger partial charge in [-0.15, -0.1) is 0 Å². The molecule has 2 aromatic rings. The molecular weight excluding hydrogens is 516 g/mol. The van der Waals surface area contributed by atoms with E-state index >= 15 is 0 Å². The summed E-state index contributed by atoms with van der Waals surface area (Å²) in [6.45, 7) is 11.0. The zero-order valence-corrected chi connectivity index (χ0v) is 24.0. The monoisotopic (exact) mass is 552 g/mol. The van der Waals surface area contributed by atoms with E-state index in [4.69, 9.17) is 16.3 Å².